The molecule has 3 rings (SSSR count). The van der Waals surface area contributed by atoms with Crippen LogP contribution in [0.4, 0.5) is 10.1 Å². The molecular formula is C13H8FN5O2S. The van der Waals surface area contributed by atoms with Crippen molar-refractivity contribution in [2.75, 3.05) is 0 Å². The largest absolute Gasteiger partial charge is 0.272 e. The van der Waals surface area contributed by atoms with Crippen LogP contribution in [0.5, 0.6) is 0 Å². The topological polar surface area (TPSA) is 86.7 Å². The molecule has 0 radical (unpaired) electrons. The summed E-state index contributed by atoms with van der Waals surface area (Å²) < 4.78 is 15.4. The molecule has 0 atom stereocenters. The van der Waals surface area contributed by atoms with Gasteiger partial charge in [0.05, 0.1) is 21.6 Å². The molecule has 0 aliphatic carbocycles. The summed E-state index contributed by atoms with van der Waals surface area (Å²) >= 11 is 0.992. The zero-order valence-corrected chi connectivity index (χ0v) is 11.8. The number of nitro benzene ring substituents is 1. The first-order valence-corrected chi connectivity index (χ1v) is 6.92. The molecule has 0 aliphatic heterocycles. The molecule has 0 saturated heterocycles. The minimum absolute atomic E-state index is 0.206. The van der Waals surface area contributed by atoms with Gasteiger partial charge in [0.1, 0.15) is 5.82 Å². The van der Waals surface area contributed by atoms with Gasteiger partial charge >= 0.3 is 0 Å². The summed E-state index contributed by atoms with van der Waals surface area (Å²) in [5.74, 6) is -0.693. The summed E-state index contributed by atoms with van der Waals surface area (Å²) in [7, 11) is 0. The van der Waals surface area contributed by atoms with Gasteiger partial charge in [-0.1, -0.05) is 18.2 Å². The van der Waals surface area contributed by atoms with E-state index in [1.54, 1.807) is 0 Å². The molecule has 0 unspecified atom stereocenters. The van der Waals surface area contributed by atoms with Crippen LogP contribution in [-0.4, -0.2) is 25.1 Å². The van der Waals surface area contributed by atoms with E-state index >= 15 is 0 Å². The van der Waals surface area contributed by atoms with Crippen molar-refractivity contribution >= 4 is 17.4 Å². The van der Waals surface area contributed by atoms with Gasteiger partial charge in [-0.25, -0.2) is 4.39 Å². The molecule has 0 N–H and O–H groups in total. The fourth-order valence-corrected chi connectivity index (χ4v) is 2.55. The normalized spacial score (nSPS) is 10.6. The highest BCUT2D eigenvalue weighted by atomic mass is 32.2. The van der Waals surface area contributed by atoms with Crippen LogP contribution >= 0.6 is 11.8 Å². The van der Waals surface area contributed by atoms with Crippen LogP contribution in [-0.2, 0) is 0 Å². The third-order valence-corrected chi connectivity index (χ3v) is 3.76. The third kappa shape index (κ3) is 2.79. The molecule has 0 amide bonds. The first-order chi connectivity index (χ1) is 10.6. The lowest BCUT2D eigenvalue weighted by molar-refractivity contribution is -0.385. The van der Waals surface area contributed by atoms with Crippen molar-refractivity contribution in [2.45, 2.75) is 10.1 Å². The fraction of sp³-hybridized carbons (Fsp3) is 0. The fourth-order valence-electron chi connectivity index (χ4n) is 1.76. The van der Waals surface area contributed by atoms with Gasteiger partial charge in [-0.05, 0) is 40.4 Å². The lowest BCUT2D eigenvalue weighted by Crippen LogP contribution is -1.98. The van der Waals surface area contributed by atoms with E-state index in [2.05, 4.69) is 15.5 Å². The minimum Gasteiger partial charge on any atom is -0.258 e. The number of nitrogens with zero attached hydrogens (tertiary/aromatic N) is 5. The van der Waals surface area contributed by atoms with Gasteiger partial charge in [0.25, 0.3) is 5.69 Å². The molecular weight excluding hydrogens is 309 g/mol. The van der Waals surface area contributed by atoms with Gasteiger partial charge in [-0.15, -0.1) is 5.10 Å². The molecule has 2 aromatic carbocycles. The van der Waals surface area contributed by atoms with Gasteiger partial charge in [0.15, 0.2) is 0 Å². The SMILES string of the molecule is O=[N+]([O-])c1ccc(Sc2nnnn2-c2ccccc2)c(F)c1. The van der Waals surface area contributed by atoms with E-state index in [0.29, 0.717) is 5.16 Å². The Morgan fingerprint density at radius 2 is 1.95 bits per heavy atom. The highest BCUT2D eigenvalue weighted by Crippen LogP contribution is 2.30. The second-order valence-electron chi connectivity index (χ2n) is 4.18. The van der Waals surface area contributed by atoms with Crippen molar-refractivity contribution in [1.29, 1.82) is 0 Å². The van der Waals surface area contributed by atoms with Crippen LogP contribution in [0.2, 0.25) is 0 Å². The molecule has 22 heavy (non-hydrogen) atoms. The van der Waals surface area contributed by atoms with Crippen molar-refractivity contribution in [3.8, 4) is 5.69 Å². The van der Waals surface area contributed by atoms with Crippen LogP contribution < -0.4 is 0 Å². The predicted octanol–water partition coefficient (Wildman–Crippen LogP) is 2.86. The number of tetrazole rings is 1. The summed E-state index contributed by atoms with van der Waals surface area (Å²) in [6.45, 7) is 0. The second kappa shape index (κ2) is 5.90. The number of nitro groups is 1. The number of hydrogen-bond acceptors (Lipinski definition) is 6. The molecule has 1 heterocycles. The molecule has 0 fully saturated rings. The zero-order valence-electron chi connectivity index (χ0n) is 11.0. The molecule has 0 spiro atoms. The Morgan fingerprint density at radius 1 is 1.18 bits per heavy atom. The maximum Gasteiger partial charge on any atom is 0.272 e. The molecule has 3 aromatic rings. The standard InChI is InChI=1S/C13H8FN5O2S/c14-11-8-10(19(20)21)6-7-12(11)22-13-15-16-17-18(13)9-4-2-1-3-5-9/h1-8H. The molecule has 0 bridgehead atoms. The predicted molar refractivity (Wildman–Crippen MR) is 76.3 cm³/mol. The summed E-state index contributed by atoms with van der Waals surface area (Å²) in [4.78, 5) is 10.2. The number of rotatable bonds is 4. The smallest absolute Gasteiger partial charge is 0.258 e. The second-order valence-corrected chi connectivity index (χ2v) is 5.19. The van der Waals surface area contributed by atoms with Crippen molar-refractivity contribution < 1.29 is 9.31 Å². The van der Waals surface area contributed by atoms with E-state index in [-0.39, 0.29) is 10.6 Å². The number of halogens is 1. The number of para-hydroxylation sites is 1. The quantitative estimate of drug-likeness (QED) is 0.543. The Morgan fingerprint density at radius 3 is 2.64 bits per heavy atom. The van der Waals surface area contributed by atoms with Crippen molar-refractivity contribution in [2.24, 2.45) is 0 Å². The third-order valence-electron chi connectivity index (χ3n) is 2.77. The highest BCUT2D eigenvalue weighted by Gasteiger charge is 2.15. The van der Waals surface area contributed by atoms with Gasteiger partial charge < -0.3 is 0 Å². The Labute approximate surface area is 127 Å². The number of benzene rings is 2. The summed E-state index contributed by atoms with van der Waals surface area (Å²) in [6, 6.07) is 12.6. The summed E-state index contributed by atoms with van der Waals surface area (Å²) in [5.41, 5.74) is 0.432. The van der Waals surface area contributed by atoms with Crippen molar-refractivity contribution in [3.05, 3.63) is 64.5 Å². The molecule has 0 saturated carbocycles. The van der Waals surface area contributed by atoms with Crippen LogP contribution in [0.1, 0.15) is 0 Å². The molecule has 1 aromatic heterocycles. The Kier molecular flexibility index (Phi) is 3.79. The van der Waals surface area contributed by atoms with Gasteiger partial charge in [0, 0.05) is 6.07 Å². The summed E-state index contributed by atoms with van der Waals surface area (Å²) in [5, 5.41) is 22.3. The average Bonchev–Trinajstić information content (AvgIpc) is 2.98. The Hall–Kier alpha value is -2.81. The molecule has 7 nitrogen and oxygen atoms in total. The van der Waals surface area contributed by atoms with Gasteiger partial charge in [-0.2, -0.15) is 4.68 Å². The van der Waals surface area contributed by atoms with E-state index in [0.717, 1.165) is 23.5 Å². The van der Waals surface area contributed by atoms with Crippen LogP contribution in [0, 0.1) is 15.9 Å². The van der Waals surface area contributed by atoms with E-state index < -0.39 is 10.7 Å². The molecule has 0 aliphatic rings. The molecule has 9 heteroatoms. The maximum atomic E-state index is 13.9. The van der Waals surface area contributed by atoms with E-state index in [4.69, 9.17) is 0 Å². The van der Waals surface area contributed by atoms with Crippen LogP contribution in [0.25, 0.3) is 5.69 Å². The monoisotopic (exact) mass is 317 g/mol. The van der Waals surface area contributed by atoms with E-state index in [1.165, 1.54) is 16.8 Å². The minimum atomic E-state index is -0.693. The highest BCUT2D eigenvalue weighted by molar-refractivity contribution is 7.99. The zero-order chi connectivity index (χ0) is 15.5. The Bertz CT molecular complexity index is 824. The lowest BCUT2D eigenvalue weighted by atomic mass is 10.3. The number of aromatic nitrogens is 4. The van der Waals surface area contributed by atoms with E-state index in [9.17, 15) is 14.5 Å². The lowest BCUT2D eigenvalue weighted by Gasteiger charge is -2.04. The first-order valence-electron chi connectivity index (χ1n) is 6.11. The van der Waals surface area contributed by atoms with Crippen LogP contribution in [0.3, 0.4) is 0 Å². The van der Waals surface area contributed by atoms with Crippen molar-refractivity contribution in [3.63, 3.8) is 0 Å². The Balaban J connectivity index is 1.92. The first kappa shape index (κ1) is 14.1. The van der Waals surface area contributed by atoms with E-state index in [1.807, 2.05) is 30.3 Å². The van der Waals surface area contributed by atoms with Gasteiger partial charge in [0.2, 0.25) is 5.16 Å². The van der Waals surface area contributed by atoms with Crippen LogP contribution in [0.15, 0.2) is 58.6 Å². The number of hydrogen-bond donors (Lipinski definition) is 0. The maximum absolute atomic E-state index is 13.9. The number of non-ortho nitro benzene ring substituents is 1. The molecule has 110 valence electrons. The summed E-state index contributed by atoms with van der Waals surface area (Å²) in [6.07, 6.45) is 0. The van der Waals surface area contributed by atoms with Crippen molar-refractivity contribution in [1.82, 2.24) is 20.2 Å². The average molecular weight is 317 g/mol. The van der Waals surface area contributed by atoms with Gasteiger partial charge in [-0.3, -0.25) is 10.1 Å².